The number of carbonyl (C=O) groups is 1. The van der Waals surface area contributed by atoms with E-state index in [1.807, 2.05) is 6.92 Å². The highest BCUT2D eigenvalue weighted by molar-refractivity contribution is 5.70. The van der Waals surface area contributed by atoms with Gasteiger partial charge < -0.3 is 21.1 Å². The zero-order valence-corrected chi connectivity index (χ0v) is 11.7. The molecule has 0 saturated heterocycles. The largest absolute Gasteiger partial charge is 0.508 e. The van der Waals surface area contributed by atoms with E-state index in [9.17, 15) is 15.0 Å². The number of aromatic hydroxyl groups is 2. The summed E-state index contributed by atoms with van der Waals surface area (Å²) < 4.78 is 0. The Morgan fingerprint density at radius 3 is 2.40 bits per heavy atom. The molecule has 0 heterocycles. The van der Waals surface area contributed by atoms with Gasteiger partial charge in [0, 0.05) is 12.1 Å². The Balaban J connectivity index is 2.42. The maximum absolute atomic E-state index is 10.9. The molecule has 5 heteroatoms. The van der Waals surface area contributed by atoms with Crippen molar-refractivity contribution in [2.75, 3.05) is 6.54 Å². The second-order valence-electron chi connectivity index (χ2n) is 5.28. The van der Waals surface area contributed by atoms with Crippen LogP contribution in [0, 0.1) is 11.8 Å². The van der Waals surface area contributed by atoms with Crippen molar-refractivity contribution in [1.82, 2.24) is 0 Å². The number of carboxylic acids is 1. The standard InChI is InChI=1S/C15H23NO4/c1-10(8-11(9-16)15(19)20)4-2-5-12-13(17)6-3-7-14(12)18/h3,6-7,10-11,17-18H,2,4-5,8-9,16H2,1H3,(H,19,20). The Hall–Kier alpha value is -1.75. The zero-order chi connectivity index (χ0) is 15.1. The highest BCUT2D eigenvalue weighted by atomic mass is 16.4. The van der Waals surface area contributed by atoms with Gasteiger partial charge in [0.25, 0.3) is 0 Å². The smallest absolute Gasteiger partial charge is 0.307 e. The van der Waals surface area contributed by atoms with Crippen LogP contribution in [-0.4, -0.2) is 27.8 Å². The summed E-state index contributed by atoms with van der Waals surface area (Å²) in [6.07, 6.45) is 2.74. The fraction of sp³-hybridized carbons (Fsp3) is 0.533. The number of phenols is 2. The van der Waals surface area contributed by atoms with Crippen molar-refractivity contribution in [2.45, 2.75) is 32.6 Å². The maximum atomic E-state index is 10.9. The third-order valence-electron chi connectivity index (χ3n) is 3.57. The Bertz CT molecular complexity index is 427. The van der Waals surface area contributed by atoms with Gasteiger partial charge in [-0.1, -0.05) is 19.4 Å². The first-order valence-corrected chi connectivity index (χ1v) is 6.88. The predicted octanol–water partition coefficient (Wildman–Crippen LogP) is 2.11. The summed E-state index contributed by atoms with van der Waals surface area (Å²) in [6, 6.07) is 4.69. The summed E-state index contributed by atoms with van der Waals surface area (Å²) in [4.78, 5) is 10.9. The summed E-state index contributed by atoms with van der Waals surface area (Å²) in [5.41, 5.74) is 5.98. The number of hydrogen-bond donors (Lipinski definition) is 4. The minimum Gasteiger partial charge on any atom is -0.508 e. The van der Waals surface area contributed by atoms with Crippen LogP contribution >= 0.6 is 0 Å². The summed E-state index contributed by atoms with van der Waals surface area (Å²) in [5.74, 6) is -0.903. The van der Waals surface area contributed by atoms with Crippen molar-refractivity contribution in [3.8, 4) is 11.5 Å². The van der Waals surface area contributed by atoms with Crippen LogP contribution < -0.4 is 5.73 Å². The number of nitrogens with two attached hydrogens (primary N) is 1. The summed E-state index contributed by atoms with van der Waals surface area (Å²) in [6.45, 7) is 2.15. The Morgan fingerprint density at radius 2 is 1.90 bits per heavy atom. The Kier molecular flexibility index (Phi) is 6.31. The topological polar surface area (TPSA) is 104 Å². The molecule has 5 N–H and O–H groups in total. The van der Waals surface area contributed by atoms with Crippen LogP contribution in [-0.2, 0) is 11.2 Å². The SMILES string of the molecule is CC(CCCc1c(O)cccc1O)CC(CN)C(=O)O. The molecule has 0 saturated carbocycles. The third kappa shape index (κ3) is 4.74. The number of hydrogen-bond acceptors (Lipinski definition) is 4. The average molecular weight is 281 g/mol. The highest BCUT2D eigenvalue weighted by Crippen LogP contribution is 2.28. The van der Waals surface area contributed by atoms with Crippen molar-refractivity contribution < 1.29 is 20.1 Å². The average Bonchev–Trinajstić information content (AvgIpc) is 2.39. The molecular weight excluding hydrogens is 258 g/mol. The lowest BCUT2D eigenvalue weighted by molar-refractivity contribution is -0.141. The van der Waals surface area contributed by atoms with E-state index in [0.29, 0.717) is 18.4 Å². The molecule has 1 aromatic rings. The molecule has 2 atom stereocenters. The Labute approximate surface area is 119 Å². The second kappa shape index (κ2) is 7.75. The molecule has 1 rings (SSSR count). The minimum absolute atomic E-state index is 0.100. The molecule has 0 amide bonds. The van der Waals surface area contributed by atoms with E-state index >= 15 is 0 Å². The van der Waals surface area contributed by atoms with Crippen molar-refractivity contribution in [3.05, 3.63) is 23.8 Å². The van der Waals surface area contributed by atoms with Crippen LogP contribution in [0.2, 0.25) is 0 Å². The number of carboxylic acid groups (broad SMARTS) is 1. The molecule has 0 fully saturated rings. The maximum Gasteiger partial charge on any atom is 0.307 e. The van der Waals surface area contributed by atoms with Crippen molar-refractivity contribution in [2.24, 2.45) is 17.6 Å². The van der Waals surface area contributed by atoms with Crippen LogP contribution in [0.15, 0.2) is 18.2 Å². The van der Waals surface area contributed by atoms with Gasteiger partial charge >= 0.3 is 5.97 Å². The van der Waals surface area contributed by atoms with E-state index in [1.165, 1.54) is 0 Å². The van der Waals surface area contributed by atoms with E-state index in [-0.39, 0.29) is 24.0 Å². The molecule has 0 radical (unpaired) electrons. The van der Waals surface area contributed by atoms with Gasteiger partial charge in [-0.25, -0.2) is 0 Å². The van der Waals surface area contributed by atoms with Crippen LogP contribution in [0.4, 0.5) is 0 Å². The zero-order valence-electron chi connectivity index (χ0n) is 11.7. The minimum atomic E-state index is -0.849. The Morgan fingerprint density at radius 1 is 1.30 bits per heavy atom. The molecule has 0 aliphatic heterocycles. The van der Waals surface area contributed by atoms with Crippen molar-refractivity contribution in [1.29, 1.82) is 0 Å². The number of benzene rings is 1. The van der Waals surface area contributed by atoms with Crippen molar-refractivity contribution >= 4 is 5.97 Å². The quantitative estimate of drug-likeness (QED) is 0.584. The first-order chi connectivity index (χ1) is 9.45. The van der Waals surface area contributed by atoms with Gasteiger partial charge in [0.15, 0.2) is 0 Å². The molecular formula is C15H23NO4. The second-order valence-corrected chi connectivity index (χ2v) is 5.28. The highest BCUT2D eigenvalue weighted by Gasteiger charge is 2.18. The fourth-order valence-corrected chi connectivity index (χ4v) is 2.35. The third-order valence-corrected chi connectivity index (χ3v) is 3.57. The summed E-state index contributed by atoms with van der Waals surface area (Å²) in [5, 5.41) is 28.3. The number of aliphatic carboxylic acids is 1. The van der Waals surface area contributed by atoms with E-state index in [1.54, 1.807) is 18.2 Å². The van der Waals surface area contributed by atoms with E-state index < -0.39 is 11.9 Å². The van der Waals surface area contributed by atoms with Crippen molar-refractivity contribution in [3.63, 3.8) is 0 Å². The molecule has 0 aliphatic carbocycles. The van der Waals surface area contributed by atoms with Crippen LogP contribution in [0.25, 0.3) is 0 Å². The lowest BCUT2D eigenvalue weighted by Gasteiger charge is -2.16. The predicted molar refractivity (Wildman–Crippen MR) is 76.7 cm³/mol. The molecule has 0 aliphatic rings. The molecule has 112 valence electrons. The van der Waals surface area contributed by atoms with Gasteiger partial charge in [0.2, 0.25) is 0 Å². The lowest BCUT2D eigenvalue weighted by Crippen LogP contribution is -2.25. The first kappa shape index (κ1) is 16.3. The van der Waals surface area contributed by atoms with Gasteiger partial charge in [-0.2, -0.15) is 0 Å². The molecule has 0 aromatic heterocycles. The number of phenolic OH excluding ortho intramolecular Hbond substituents is 2. The fourth-order valence-electron chi connectivity index (χ4n) is 2.35. The normalized spacial score (nSPS) is 13.9. The van der Waals surface area contributed by atoms with E-state index in [2.05, 4.69) is 0 Å². The van der Waals surface area contributed by atoms with Gasteiger partial charge in [-0.3, -0.25) is 4.79 Å². The molecule has 2 unspecified atom stereocenters. The molecule has 1 aromatic carbocycles. The first-order valence-electron chi connectivity index (χ1n) is 6.88. The summed E-state index contributed by atoms with van der Waals surface area (Å²) in [7, 11) is 0. The van der Waals surface area contributed by atoms with E-state index in [0.717, 1.165) is 12.8 Å². The monoisotopic (exact) mass is 281 g/mol. The molecule has 5 nitrogen and oxygen atoms in total. The molecule has 0 bridgehead atoms. The van der Waals surface area contributed by atoms with Gasteiger partial charge in [0.05, 0.1) is 5.92 Å². The van der Waals surface area contributed by atoms with Crippen LogP contribution in [0.1, 0.15) is 31.7 Å². The summed E-state index contributed by atoms with van der Waals surface area (Å²) >= 11 is 0. The van der Waals surface area contributed by atoms with E-state index in [4.69, 9.17) is 10.8 Å². The van der Waals surface area contributed by atoms with Crippen LogP contribution in [0.3, 0.4) is 0 Å². The lowest BCUT2D eigenvalue weighted by atomic mass is 9.91. The van der Waals surface area contributed by atoms with Gasteiger partial charge in [-0.15, -0.1) is 0 Å². The van der Waals surface area contributed by atoms with Crippen LogP contribution in [0.5, 0.6) is 11.5 Å². The van der Waals surface area contributed by atoms with Gasteiger partial charge in [0.1, 0.15) is 11.5 Å². The number of rotatable bonds is 8. The molecule has 20 heavy (non-hydrogen) atoms. The van der Waals surface area contributed by atoms with Gasteiger partial charge in [-0.05, 0) is 37.3 Å². The molecule has 0 spiro atoms.